The van der Waals surface area contributed by atoms with Crippen LogP contribution in [0.4, 0.5) is 4.39 Å². The van der Waals surface area contributed by atoms with E-state index in [2.05, 4.69) is 10.00 Å². The summed E-state index contributed by atoms with van der Waals surface area (Å²) in [6, 6.07) is 6.50. The van der Waals surface area contributed by atoms with Crippen LogP contribution >= 0.6 is 12.2 Å². The molecule has 0 spiro atoms. The molecule has 0 amide bonds. The van der Waals surface area contributed by atoms with Crippen molar-refractivity contribution >= 4 is 22.4 Å². The molecule has 0 N–H and O–H groups in total. The highest BCUT2D eigenvalue weighted by atomic mass is 32.2. The molecule has 4 rings (SSSR count). The van der Waals surface area contributed by atoms with E-state index in [1.807, 2.05) is 0 Å². The molecule has 2 aliphatic heterocycles. The maximum absolute atomic E-state index is 14.2. The molecular weight excluding hydrogens is 439 g/mol. The molecule has 0 radical (unpaired) electrons. The summed E-state index contributed by atoms with van der Waals surface area (Å²) in [5, 5.41) is 4.54. The predicted octanol–water partition coefficient (Wildman–Crippen LogP) is 2.45. The number of hydrogen-bond donors (Lipinski definition) is 0. The van der Waals surface area contributed by atoms with Crippen LogP contribution in [0.1, 0.15) is 25.7 Å². The maximum Gasteiger partial charge on any atom is 0.282 e. The number of piperazine rings is 1. The van der Waals surface area contributed by atoms with Crippen molar-refractivity contribution in [1.82, 2.24) is 27.9 Å². The number of nitrogens with zero attached hydrogens (tertiary/aromatic N) is 6. The van der Waals surface area contributed by atoms with Crippen LogP contribution in [-0.2, 0) is 23.9 Å². The van der Waals surface area contributed by atoms with E-state index in [4.69, 9.17) is 12.2 Å². The van der Waals surface area contributed by atoms with Crippen LogP contribution in [0.3, 0.4) is 0 Å². The van der Waals surface area contributed by atoms with Gasteiger partial charge in [0.25, 0.3) is 10.2 Å². The van der Waals surface area contributed by atoms with Gasteiger partial charge < -0.3 is 4.57 Å². The van der Waals surface area contributed by atoms with Gasteiger partial charge in [-0.2, -0.15) is 22.1 Å². The Kier molecular flexibility index (Phi) is 6.87. The van der Waals surface area contributed by atoms with Crippen LogP contribution in [0.15, 0.2) is 24.3 Å². The largest absolute Gasteiger partial charge is 0.303 e. The first-order valence-electron chi connectivity index (χ1n) is 10.7. The molecule has 0 aliphatic carbocycles. The average molecular weight is 469 g/mol. The Morgan fingerprint density at radius 2 is 1.58 bits per heavy atom. The Morgan fingerprint density at radius 1 is 0.968 bits per heavy atom. The average Bonchev–Trinajstić information content (AvgIpc) is 2.96. The molecule has 170 valence electrons. The smallest absolute Gasteiger partial charge is 0.282 e. The van der Waals surface area contributed by atoms with Gasteiger partial charge in [-0.1, -0.05) is 25.0 Å². The van der Waals surface area contributed by atoms with Gasteiger partial charge in [0, 0.05) is 46.3 Å². The summed E-state index contributed by atoms with van der Waals surface area (Å²) in [6.45, 7) is 3.76. The summed E-state index contributed by atoms with van der Waals surface area (Å²) < 4.78 is 47.3. The third-order valence-corrected chi connectivity index (χ3v) is 8.56. The fraction of sp³-hybridized carbons (Fsp3) is 0.600. The van der Waals surface area contributed by atoms with Crippen molar-refractivity contribution in [2.24, 2.45) is 7.05 Å². The molecule has 0 saturated carbocycles. The fourth-order valence-corrected chi connectivity index (χ4v) is 6.04. The lowest BCUT2D eigenvalue weighted by Crippen LogP contribution is -2.53. The Labute approximate surface area is 188 Å². The molecule has 8 nitrogen and oxygen atoms in total. The molecule has 0 bridgehead atoms. The second-order valence-corrected chi connectivity index (χ2v) is 10.4. The van der Waals surface area contributed by atoms with Crippen LogP contribution in [0.2, 0.25) is 0 Å². The molecule has 2 fully saturated rings. The van der Waals surface area contributed by atoms with Crippen molar-refractivity contribution in [3.8, 4) is 11.4 Å². The van der Waals surface area contributed by atoms with E-state index in [9.17, 15) is 12.8 Å². The molecule has 31 heavy (non-hydrogen) atoms. The van der Waals surface area contributed by atoms with E-state index < -0.39 is 10.2 Å². The van der Waals surface area contributed by atoms with Crippen molar-refractivity contribution < 1.29 is 12.8 Å². The van der Waals surface area contributed by atoms with Crippen LogP contribution in [0.5, 0.6) is 0 Å². The van der Waals surface area contributed by atoms with Gasteiger partial charge in [0.2, 0.25) is 0 Å². The minimum absolute atomic E-state index is 0.343. The van der Waals surface area contributed by atoms with E-state index in [1.165, 1.54) is 6.07 Å². The van der Waals surface area contributed by atoms with Gasteiger partial charge in [-0.05, 0) is 37.2 Å². The van der Waals surface area contributed by atoms with Crippen molar-refractivity contribution in [3.05, 3.63) is 34.9 Å². The molecule has 1 aromatic heterocycles. The molecular formula is C20H29FN6O2S2. The third kappa shape index (κ3) is 4.75. The zero-order valence-corrected chi connectivity index (χ0v) is 19.4. The second kappa shape index (κ2) is 9.45. The van der Waals surface area contributed by atoms with Crippen LogP contribution < -0.4 is 0 Å². The van der Waals surface area contributed by atoms with Gasteiger partial charge in [0.15, 0.2) is 10.6 Å². The standard InChI is InChI=1S/C20H29FN6O2S2/c1-23-19(17-8-4-5-9-18(17)21)22-27(20(23)30)16-24-12-14-26(15-13-24)31(28,29)25-10-6-2-3-7-11-25/h4-5,8-9H,2-3,6-7,10-16H2,1H3. The molecule has 0 unspecified atom stereocenters. The topological polar surface area (TPSA) is 66.6 Å². The highest BCUT2D eigenvalue weighted by Gasteiger charge is 2.32. The van der Waals surface area contributed by atoms with Crippen molar-refractivity contribution in [2.75, 3.05) is 39.3 Å². The normalized spacial score (nSPS) is 20.1. The van der Waals surface area contributed by atoms with Crippen molar-refractivity contribution in [1.29, 1.82) is 0 Å². The second-order valence-electron chi connectivity index (χ2n) is 8.12. The minimum atomic E-state index is -3.41. The summed E-state index contributed by atoms with van der Waals surface area (Å²) in [5.41, 5.74) is 0.406. The highest BCUT2D eigenvalue weighted by molar-refractivity contribution is 7.86. The Bertz CT molecular complexity index is 1070. The summed E-state index contributed by atoms with van der Waals surface area (Å²) in [6.07, 6.45) is 4.06. The summed E-state index contributed by atoms with van der Waals surface area (Å²) in [5.74, 6) is 0.135. The van der Waals surface area contributed by atoms with Crippen LogP contribution in [-0.4, -0.2) is 75.5 Å². The maximum atomic E-state index is 14.2. The molecule has 0 atom stereocenters. The van der Waals surface area contributed by atoms with Crippen LogP contribution in [0.25, 0.3) is 11.4 Å². The molecule has 2 aromatic rings. The molecule has 2 saturated heterocycles. The number of halogens is 1. The van der Waals surface area contributed by atoms with E-state index in [0.717, 1.165) is 25.7 Å². The van der Waals surface area contributed by atoms with Crippen LogP contribution in [0, 0.1) is 10.6 Å². The number of aromatic nitrogens is 3. The van der Waals surface area contributed by atoms with Gasteiger partial charge >= 0.3 is 0 Å². The first kappa shape index (κ1) is 22.5. The molecule has 2 aliphatic rings. The first-order chi connectivity index (χ1) is 14.9. The lowest BCUT2D eigenvalue weighted by atomic mass is 10.2. The number of benzene rings is 1. The van der Waals surface area contributed by atoms with Gasteiger partial charge in [0.1, 0.15) is 5.82 Å². The highest BCUT2D eigenvalue weighted by Crippen LogP contribution is 2.22. The first-order valence-corrected chi connectivity index (χ1v) is 12.5. The summed E-state index contributed by atoms with van der Waals surface area (Å²) in [4.78, 5) is 2.13. The van der Waals surface area contributed by atoms with Crippen molar-refractivity contribution in [2.45, 2.75) is 32.4 Å². The van der Waals surface area contributed by atoms with Gasteiger partial charge in [-0.15, -0.1) is 0 Å². The van der Waals surface area contributed by atoms with E-state index >= 15 is 0 Å². The van der Waals surface area contributed by atoms with E-state index in [0.29, 0.717) is 62.1 Å². The Balaban J connectivity index is 1.42. The zero-order chi connectivity index (χ0) is 22.0. The fourth-order valence-electron chi connectivity index (χ4n) is 4.18. The zero-order valence-electron chi connectivity index (χ0n) is 17.8. The predicted molar refractivity (Wildman–Crippen MR) is 120 cm³/mol. The summed E-state index contributed by atoms with van der Waals surface area (Å²) in [7, 11) is -1.63. The SMILES string of the molecule is Cn1c(-c2ccccc2F)nn(CN2CCN(S(=O)(=O)N3CCCCCC3)CC2)c1=S. The number of hydrogen-bond acceptors (Lipinski definition) is 5. The minimum Gasteiger partial charge on any atom is -0.303 e. The monoisotopic (exact) mass is 468 g/mol. The molecule has 1 aromatic carbocycles. The Morgan fingerprint density at radius 3 is 2.23 bits per heavy atom. The van der Waals surface area contributed by atoms with Gasteiger partial charge in [-0.25, -0.2) is 9.07 Å². The summed E-state index contributed by atoms with van der Waals surface area (Å²) >= 11 is 5.51. The Hall–Kier alpha value is -1.66. The molecule has 3 heterocycles. The van der Waals surface area contributed by atoms with Crippen molar-refractivity contribution in [3.63, 3.8) is 0 Å². The van der Waals surface area contributed by atoms with Gasteiger partial charge in [-0.3, -0.25) is 4.90 Å². The van der Waals surface area contributed by atoms with E-state index in [-0.39, 0.29) is 5.82 Å². The van der Waals surface area contributed by atoms with Gasteiger partial charge in [0.05, 0.1) is 12.2 Å². The lowest BCUT2D eigenvalue weighted by Gasteiger charge is -2.36. The lowest BCUT2D eigenvalue weighted by molar-refractivity contribution is 0.140. The molecule has 11 heteroatoms. The van der Waals surface area contributed by atoms with E-state index in [1.54, 1.807) is 43.1 Å². The quantitative estimate of drug-likeness (QED) is 0.631. The third-order valence-electron chi connectivity index (χ3n) is 6.04. The number of rotatable bonds is 5.